The van der Waals surface area contributed by atoms with E-state index in [1.54, 1.807) is 0 Å². The number of benzene rings is 1. The van der Waals surface area contributed by atoms with Gasteiger partial charge >= 0.3 is 11.9 Å². The molecule has 0 heterocycles. The van der Waals surface area contributed by atoms with Crippen LogP contribution in [0.5, 0.6) is 0 Å². The molecule has 0 N–H and O–H groups in total. The van der Waals surface area contributed by atoms with Crippen LogP contribution in [0.15, 0.2) is 48.2 Å². The highest BCUT2D eigenvalue weighted by Gasteiger charge is 2.28. The predicted octanol–water partition coefficient (Wildman–Crippen LogP) is 3.74. The predicted molar refractivity (Wildman–Crippen MR) is 88.2 cm³/mol. The largest absolute Gasteiger partial charge is 0.469 e. The minimum atomic E-state index is -0.383. The average molecular weight is 314 g/mol. The topological polar surface area (TPSA) is 52.6 Å². The second-order valence-electron chi connectivity index (χ2n) is 5.60. The number of rotatable bonds is 5. The summed E-state index contributed by atoms with van der Waals surface area (Å²) < 4.78 is 10.1. The Morgan fingerprint density at radius 1 is 1.26 bits per heavy atom. The maximum Gasteiger partial charge on any atom is 0.313 e. The first-order valence-electron chi connectivity index (χ1n) is 7.80. The maximum atomic E-state index is 12.2. The van der Waals surface area contributed by atoms with Gasteiger partial charge in [0.15, 0.2) is 0 Å². The molecule has 0 aromatic heterocycles. The lowest BCUT2D eigenvalue weighted by atomic mass is 9.83. The lowest BCUT2D eigenvalue weighted by Gasteiger charge is -2.24. The summed E-state index contributed by atoms with van der Waals surface area (Å²) in [4.78, 5) is 23.3. The second-order valence-corrected chi connectivity index (χ2v) is 5.60. The Morgan fingerprint density at radius 3 is 2.65 bits per heavy atom. The summed E-state index contributed by atoms with van der Waals surface area (Å²) in [6, 6.07) is 9.81. The summed E-state index contributed by atoms with van der Waals surface area (Å²) in [5, 5.41) is 0. The summed E-state index contributed by atoms with van der Waals surface area (Å²) >= 11 is 0. The van der Waals surface area contributed by atoms with Crippen LogP contribution in [0.4, 0.5) is 0 Å². The Bertz CT molecular complexity index is 601. The van der Waals surface area contributed by atoms with E-state index in [4.69, 9.17) is 9.47 Å². The van der Waals surface area contributed by atoms with Crippen LogP contribution in [0.25, 0.3) is 6.08 Å². The Hall–Kier alpha value is -2.36. The number of carbonyl (C=O) groups excluding carboxylic acids is 2. The number of hydrogen-bond donors (Lipinski definition) is 0. The normalized spacial score (nSPS) is 19.0. The summed E-state index contributed by atoms with van der Waals surface area (Å²) in [5.41, 5.74) is 1.03. The van der Waals surface area contributed by atoms with Gasteiger partial charge in [-0.1, -0.05) is 42.5 Å². The third-order valence-electron chi connectivity index (χ3n) is 3.87. The van der Waals surface area contributed by atoms with E-state index in [2.05, 4.69) is 0 Å². The van der Waals surface area contributed by atoms with E-state index in [1.807, 2.05) is 48.6 Å². The van der Waals surface area contributed by atoms with E-state index in [1.165, 1.54) is 14.0 Å². The fraction of sp³-hybridized carbons (Fsp3) is 0.368. The van der Waals surface area contributed by atoms with E-state index in [0.717, 1.165) is 24.8 Å². The van der Waals surface area contributed by atoms with E-state index in [0.29, 0.717) is 5.76 Å². The van der Waals surface area contributed by atoms with Crippen molar-refractivity contribution in [3.05, 3.63) is 53.8 Å². The molecule has 2 atom stereocenters. The zero-order valence-electron chi connectivity index (χ0n) is 13.5. The maximum absolute atomic E-state index is 12.2. The van der Waals surface area contributed by atoms with E-state index in [-0.39, 0.29) is 23.8 Å². The van der Waals surface area contributed by atoms with Crippen molar-refractivity contribution >= 4 is 18.0 Å². The molecule has 0 saturated carbocycles. The van der Waals surface area contributed by atoms with Crippen LogP contribution in [0, 0.1) is 11.8 Å². The van der Waals surface area contributed by atoms with Crippen LogP contribution in [-0.2, 0) is 19.1 Å². The molecule has 0 saturated heterocycles. The van der Waals surface area contributed by atoms with Gasteiger partial charge in [-0.25, -0.2) is 0 Å². The van der Waals surface area contributed by atoms with Crippen molar-refractivity contribution in [3.8, 4) is 0 Å². The molecule has 4 nitrogen and oxygen atoms in total. The van der Waals surface area contributed by atoms with Crippen molar-refractivity contribution in [1.29, 1.82) is 0 Å². The van der Waals surface area contributed by atoms with Crippen molar-refractivity contribution in [2.24, 2.45) is 11.8 Å². The number of hydrogen-bond acceptors (Lipinski definition) is 4. The van der Waals surface area contributed by atoms with E-state index in [9.17, 15) is 9.59 Å². The quantitative estimate of drug-likeness (QED) is 0.777. The number of ether oxygens (including phenoxy) is 2. The van der Waals surface area contributed by atoms with Crippen molar-refractivity contribution in [3.63, 3.8) is 0 Å². The second kappa shape index (κ2) is 8.32. The van der Waals surface area contributed by atoms with Crippen LogP contribution in [0.1, 0.15) is 31.7 Å². The Labute approximate surface area is 136 Å². The smallest absolute Gasteiger partial charge is 0.313 e. The molecule has 1 aliphatic carbocycles. The molecule has 122 valence electrons. The van der Waals surface area contributed by atoms with Crippen LogP contribution in [-0.4, -0.2) is 19.0 Å². The fourth-order valence-corrected chi connectivity index (χ4v) is 2.78. The van der Waals surface area contributed by atoms with Gasteiger partial charge in [-0.15, -0.1) is 0 Å². The molecule has 1 aliphatic rings. The Morgan fingerprint density at radius 2 is 2.00 bits per heavy atom. The van der Waals surface area contributed by atoms with Crippen molar-refractivity contribution in [2.45, 2.75) is 26.2 Å². The Balaban J connectivity index is 2.19. The molecule has 4 heteroatoms. The molecule has 0 radical (unpaired) electrons. The highest BCUT2D eigenvalue weighted by Crippen LogP contribution is 2.31. The van der Waals surface area contributed by atoms with Crippen molar-refractivity contribution in [2.75, 3.05) is 7.11 Å². The first-order valence-corrected chi connectivity index (χ1v) is 7.80. The van der Waals surface area contributed by atoms with Crippen LogP contribution < -0.4 is 0 Å². The first kappa shape index (κ1) is 17.0. The van der Waals surface area contributed by atoms with Crippen LogP contribution in [0.2, 0.25) is 0 Å². The highest BCUT2D eigenvalue weighted by molar-refractivity contribution is 5.76. The molecule has 0 fully saturated rings. The van der Waals surface area contributed by atoms with Gasteiger partial charge in [0.2, 0.25) is 0 Å². The minimum absolute atomic E-state index is 0.0227. The summed E-state index contributed by atoms with van der Waals surface area (Å²) in [6.07, 6.45) is 8.17. The monoisotopic (exact) mass is 314 g/mol. The van der Waals surface area contributed by atoms with Gasteiger partial charge in [0.1, 0.15) is 5.76 Å². The van der Waals surface area contributed by atoms with Gasteiger partial charge in [-0.05, 0) is 30.4 Å². The lowest BCUT2D eigenvalue weighted by Crippen LogP contribution is -2.24. The summed E-state index contributed by atoms with van der Waals surface area (Å²) in [7, 11) is 1.39. The number of allylic oxidation sites excluding steroid dienone is 2. The highest BCUT2D eigenvalue weighted by atomic mass is 16.5. The van der Waals surface area contributed by atoms with Gasteiger partial charge in [0.05, 0.1) is 13.0 Å². The van der Waals surface area contributed by atoms with E-state index < -0.39 is 0 Å². The zero-order valence-corrected chi connectivity index (χ0v) is 13.5. The molecular formula is C19H22O4. The molecule has 0 amide bonds. The van der Waals surface area contributed by atoms with E-state index >= 15 is 0 Å². The zero-order chi connectivity index (χ0) is 16.7. The van der Waals surface area contributed by atoms with Gasteiger partial charge in [-0.2, -0.15) is 0 Å². The average Bonchev–Trinajstić information content (AvgIpc) is 2.55. The fourth-order valence-electron chi connectivity index (χ4n) is 2.78. The molecule has 0 spiro atoms. The summed E-state index contributed by atoms with van der Waals surface area (Å²) in [5.74, 6) is -0.360. The lowest BCUT2D eigenvalue weighted by molar-refractivity contribution is -0.145. The third kappa shape index (κ3) is 5.09. The molecule has 0 aliphatic heterocycles. The van der Waals surface area contributed by atoms with Gasteiger partial charge in [0, 0.05) is 13.3 Å². The summed E-state index contributed by atoms with van der Waals surface area (Å²) in [6.45, 7) is 1.39. The van der Waals surface area contributed by atoms with Gasteiger partial charge in [0.25, 0.3) is 0 Å². The Kier molecular flexibility index (Phi) is 6.15. The van der Waals surface area contributed by atoms with Crippen molar-refractivity contribution in [1.82, 2.24) is 0 Å². The number of methoxy groups -OCH3 is 1. The molecule has 1 aromatic rings. The molecule has 1 aromatic carbocycles. The minimum Gasteiger partial charge on any atom is -0.469 e. The first-order chi connectivity index (χ1) is 11.1. The molecule has 23 heavy (non-hydrogen) atoms. The van der Waals surface area contributed by atoms with Crippen LogP contribution >= 0.6 is 0 Å². The number of carbonyl (C=O) groups is 2. The number of esters is 2. The molecule has 2 rings (SSSR count). The molecule has 1 unspecified atom stereocenters. The molecular weight excluding hydrogens is 292 g/mol. The third-order valence-corrected chi connectivity index (χ3v) is 3.87. The van der Waals surface area contributed by atoms with Gasteiger partial charge < -0.3 is 9.47 Å². The molecule has 0 bridgehead atoms. The standard InChI is InChI=1S/C19H22O4/c1-14(20)23-17-10-6-9-16(13-17)18(19(21)22-2)12-11-15-7-4-3-5-8-15/h3-5,7-8,11-13,16,18H,6,9-10H2,1-2H3/b12-11+/t16?,18-/m0/s1. The van der Waals surface area contributed by atoms with Crippen molar-refractivity contribution < 1.29 is 19.1 Å². The van der Waals surface area contributed by atoms with Gasteiger partial charge in [-0.3, -0.25) is 9.59 Å². The van der Waals surface area contributed by atoms with Crippen LogP contribution in [0.3, 0.4) is 0 Å². The SMILES string of the molecule is COC(=O)[C@@H](/C=C/c1ccccc1)C1C=C(OC(C)=O)CCC1.